The first-order valence-corrected chi connectivity index (χ1v) is 8.61. The maximum absolute atomic E-state index is 12.8. The zero-order valence-electron chi connectivity index (χ0n) is 11.7. The predicted molar refractivity (Wildman–Crippen MR) is 78.8 cm³/mol. The van der Waals surface area contributed by atoms with Gasteiger partial charge in [0.15, 0.2) is 9.84 Å². The molecule has 0 aliphatic heterocycles. The fraction of sp³-hybridized carbons (Fsp3) is 0.600. The molecule has 0 spiro atoms. The van der Waals surface area contributed by atoms with Crippen LogP contribution in [0.25, 0.3) is 0 Å². The average Bonchev–Trinajstić information content (AvgIpc) is 2.41. The molecule has 1 saturated carbocycles. The van der Waals surface area contributed by atoms with E-state index in [1.807, 2.05) is 6.92 Å². The highest BCUT2D eigenvalue weighted by molar-refractivity contribution is 7.92. The Bertz CT molecular complexity index is 551. The molecule has 0 saturated heterocycles. The fourth-order valence-electron chi connectivity index (χ4n) is 3.05. The Balaban J connectivity index is 2.37. The van der Waals surface area contributed by atoms with E-state index in [0.29, 0.717) is 16.5 Å². The van der Waals surface area contributed by atoms with Crippen LogP contribution in [0.5, 0.6) is 0 Å². The Hall–Kier alpha value is -1.03. The maximum atomic E-state index is 12.8. The Kier molecular flexibility index (Phi) is 4.19. The van der Waals surface area contributed by atoms with E-state index in [-0.39, 0.29) is 5.25 Å². The van der Waals surface area contributed by atoms with Crippen molar-refractivity contribution in [1.82, 2.24) is 0 Å². The Morgan fingerprint density at radius 3 is 2.58 bits per heavy atom. The van der Waals surface area contributed by atoms with Crippen molar-refractivity contribution in [2.24, 2.45) is 5.92 Å². The monoisotopic (exact) mass is 281 g/mol. The van der Waals surface area contributed by atoms with Gasteiger partial charge in [-0.25, -0.2) is 8.42 Å². The standard InChI is InChI=1S/C15H23NO2S/c1-3-12-6-4-5-7-15(12)19(17,18)13-8-9-14(16)11(2)10-13/h8-10,12,15H,3-7,16H2,1-2H3. The molecule has 0 radical (unpaired) electrons. The third-order valence-electron chi connectivity index (χ3n) is 4.33. The lowest BCUT2D eigenvalue weighted by Gasteiger charge is -2.30. The van der Waals surface area contributed by atoms with E-state index in [1.165, 1.54) is 0 Å². The summed E-state index contributed by atoms with van der Waals surface area (Å²) in [5.41, 5.74) is 7.25. The van der Waals surface area contributed by atoms with E-state index >= 15 is 0 Å². The number of benzene rings is 1. The van der Waals surface area contributed by atoms with E-state index < -0.39 is 9.84 Å². The van der Waals surface area contributed by atoms with E-state index in [9.17, 15) is 8.42 Å². The van der Waals surface area contributed by atoms with Gasteiger partial charge < -0.3 is 5.73 Å². The summed E-state index contributed by atoms with van der Waals surface area (Å²) in [4.78, 5) is 0.435. The molecule has 2 atom stereocenters. The second-order valence-electron chi connectivity index (χ2n) is 5.55. The molecule has 2 unspecified atom stereocenters. The first-order chi connectivity index (χ1) is 8.96. The van der Waals surface area contributed by atoms with Crippen LogP contribution in [0, 0.1) is 12.8 Å². The molecule has 0 heterocycles. The molecular weight excluding hydrogens is 258 g/mol. The van der Waals surface area contributed by atoms with Gasteiger partial charge in [0.25, 0.3) is 0 Å². The summed E-state index contributed by atoms with van der Waals surface area (Å²) in [6.07, 6.45) is 4.95. The van der Waals surface area contributed by atoms with Crippen LogP contribution in [0.15, 0.2) is 23.1 Å². The van der Waals surface area contributed by atoms with Crippen molar-refractivity contribution in [1.29, 1.82) is 0 Å². The zero-order chi connectivity index (χ0) is 14.0. The number of nitrogen functional groups attached to an aromatic ring is 1. The summed E-state index contributed by atoms with van der Waals surface area (Å²) < 4.78 is 25.6. The van der Waals surface area contributed by atoms with Crippen LogP contribution in [-0.4, -0.2) is 13.7 Å². The molecule has 106 valence electrons. The number of hydrogen-bond acceptors (Lipinski definition) is 3. The summed E-state index contributed by atoms with van der Waals surface area (Å²) >= 11 is 0. The van der Waals surface area contributed by atoms with Crippen molar-refractivity contribution >= 4 is 15.5 Å². The minimum Gasteiger partial charge on any atom is -0.399 e. The molecule has 2 N–H and O–H groups in total. The van der Waals surface area contributed by atoms with Gasteiger partial charge in [-0.2, -0.15) is 0 Å². The topological polar surface area (TPSA) is 60.2 Å². The molecular formula is C15H23NO2S. The summed E-state index contributed by atoms with van der Waals surface area (Å²) in [6, 6.07) is 5.07. The Labute approximate surface area is 116 Å². The largest absolute Gasteiger partial charge is 0.399 e. The lowest BCUT2D eigenvalue weighted by Crippen LogP contribution is -2.32. The first-order valence-electron chi connectivity index (χ1n) is 7.07. The minimum absolute atomic E-state index is 0.214. The summed E-state index contributed by atoms with van der Waals surface area (Å²) in [7, 11) is -3.22. The summed E-state index contributed by atoms with van der Waals surface area (Å²) in [6.45, 7) is 3.94. The molecule has 1 fully saturated rings. The quantitative estimate of drug-likeness (QED) is 0.865. The van der Waals surface area contributed by atoms with Crippen molar-refractivity contribution in [3.63, 3.8) is 0 Å². The van der Waals surface area contributed by atoms with Gasteiger partial charge in [-0.3, -0.25) is 0 Å². The Morgan fingerprint density at radius 1 is 1.26 bits per heavy atom. The van der Waals surface area contributed by atoms with Crippen LogP contribution in [0.4, 0.5) is 5.69 Å². The second kappa shape index (κ2) is 5.53. The molecule has 1 aromatic carbocycles. The Morgan fingerprint density at radius 2 is 1.95 bits per heavy atom. The van der Waals surface area contributed by atoms with Crippen molar-refractivity contribution in [3.8, 4) is 0 Å². The number of aryl methyl sites for hydroxylation is 1. The molecule has 19 heavy (non-hydrogen) atoms. The molecule has 1 aromatic rings. The smallest absolute Gasteiger partial charge is 0.181 e. The highest BCUT2D eigenvalue weighted by Crippen LogP contribution is 2.35. The highest BCUT2D eigenvalue weighted by atomic mass is 32.2. The molecule has 3 nitrogen and oxygen atoms in total. The number of sulfone groups is 1. The zero-order valence-corrected chi connectivity index (χ0v) is 12.5. The van der Waals surface area contributed by atoms with Crippen LogP contribution in [0.2, 0.25) is 0 Å². The first kappa shape index (κ1) is 14.4. The van der Waals surface area contributed by atoms with Gasteiger partial charge in [0, 0.05) is 5.69 Å². The van der Waals surface area contributed by atoms with E-state index in [2.05, 4.69) is 6.92 Å². The third-order valence-corrected chi connectivity index (χ3v) is 6.66. The van der Waals surface area contributed by atoms with Crippen LogP contribution < -0.4 is 5.73 Å². The van der Waals surface area contributed by atoms with Crippen molar-refractivity contribution < 1.29 is 8.42 Å². The molecule has 1 aliphatic rings. The summed E-state index contributed by atoms with van der Waals surface area (Å²) in [5, 5.41) is -0.214. The summed E-state index contributed by atoms with van der Waals surface area (Å²) in [5.74, 6) is 0.302. The predicted octanol–water partition coefficient (Wildman–Crippen LogP) is 3.32. The number of anilines is 1. The van der Waals surface area contributed by atoms with Gasteiger partial charge in [-0.1, -0.05) is 26.2 Å². The van der Waals surface area contributed by atoms with Crippen LogP contribution in [0.3, 0.4) is 0 Å². The third kappa shape index (κ3) is 2.78. The van der Waals surface area contributed by atoms with E-state index in [1.54, 1.807) is 18.2 Å². The van der Waals surface area contributed by atoms with E-state index in [0.717, 1.165) is 37.7 Å². The minimum atomic E-state index is -3.22. The highest BCUT2D eigenvalue weighted by Gasteiger charge is 2.35. The second-order valence-corrected chi connectivity index (χ2v) is 7.72. The molecule has 1 aliphatic carbocycles. The molecule has 0 amide bonds. The molecule has 0 aromatic heterocycles. The SMILES string of the molecule is CCC1CCCCC1S(=O)(=O)c1ccc(N)c(C)c1. The lowest BCUT2D eigenvalue weighted by molar-refractivity contribution is 0.348. The fourth-order valence-corrected chi connectivity index (χ4v) is 5.31. The van der Waals surface area contributed by atoms with Gasteiger partial charge >= 0.3 is 0 Å². The maximum Gasteiger partial charge on any atom is 0.181 e. The number of hydrogen-bond donors (Lipinski definition) is 1. The normalized spacial score (nSPS) is 24.3. The lowest BCUT2D eigenvalue weighted by atomic mass is 9.87. The van der Waals surface area contributed by atoms with Gasteiger partial charge in [0.1, 0.15) is 0 Å². The number of rotatable bonds is 3. The van der Waals surface area contributed by atoms with Crippen LogP contribution in [-0.2, 0) is 9.84 Å². The molecule has 2 rings (SSSR count). The van der Waals surface area contributed by atoms with Gasteiger partial charge in [-0.15, -0.1) is 0 Å². The van der Waals surface area contributed by atoms with Gasteiger partial charge in [-0.05, 0) is 49.4 Å². The van der Waals surface area contributed by atoms with Crippen molar-refractivity contribution in [2.45, 2.75) is 56.1 Å². The van der Waals surface area contributed by atoms with Crippen molar-refractivity contribution in [3.05, 3.63) is 23.8 Å². The average molecular weight is 281 g/mol. The van der Waals surface area contributed by atoms with Gasteiger partial charge in [0.2, 0.25) is 0 Å². The van der Waals surface area contributed by atoms with Crippen molar-refractivity contribution in [2.75, 3.05) is 5.73 Å². The van der Waals surface area contributed by atoms with Crippen LogP contribution >= 0.6 is 0 Å². The van der Waals surface area contributed by atoms with Gasteiger partial charge in [0.05, 0.1) is 10.1 Å². The molecule has 4 heteroatoms. The molecule has 0 bridgehead atoms. The number of nitrogens with two attached hydrogens (primary N) is 1. The van der Waals surface area contributed by atoms with E-state index in [4.69, 9.17) is 5.73 Å². The van der Waals surface area contributed by atoms with Crippen LogP contribution in [0.1, 0.15) is 44.6 Å².